The van der Waals surface area contributed by atoms with Gasteiger partial charge < -0.3 is 5.32 Å². The summed E-state index contributed by atoms with van der Waals surface area (Å²) in [4.78, 5) is 4.45. The van der Waals surface area contributed by atoms with E-state index in [1.54, 1.807) is 0 Å². The van der Waals surface area contributed by atoms with E-state index in [1.807, 2.05) is 36.3 Å². The van der Waals surface area contributed by atoms with Crippen LogP contribution in [0.15, 0.2) is 30.6 Å². The molecule has 0 aromatic carbocycles. The van der Waals surface area contributed by atoms with Crippen molar-refractivity contribution in [1.29, 1.82) is 0 Å². The van der Waals surface area contributed by atoms with Gasteiger partial charge in [0.15, 0.2) is 0 Å². The Morgan fingerprint density at radius 2 is 2.00 bits per heavy atom. The average Bonchev–Trinajstić information content (AvgIpc) is 2.75. The topological polar surface area (TPSA) is 42.7 Å². The quantitative estimate of drug-likeness (QED) is 0.917. The van der Waals surface area contributed by atoms with Crippen molar-refractivity contribution in [2.75, 3.05) is 11.9 Å². The van der Waals surface area contributed by atoms with Gasteiger partial charge in [-0.25, -0.2) is 4.98 Å². The molecule has 0 saturated heterocycles. The summed E-state index contributed by atoms with van der Waals surface area (Å²) in [5, 5.41) is 7.49. The van der Waals surface area contributed by atoms with Crippen LogP contribution in [0.5, 0.6) is 0 Å². The van der Waals surface area contributed by atoms with Crippen LogP contribution in [0.4, 0.5) is 5.82 Å². The third-order valence-electron chi connectivity index (χ3n) is 3.24. The molecule has 19 heavy (non-hydrogen) atoms. The fourth-order valence-electron chi connectivity index (χ4n) is 1.91. The van der Waals surface area contributed by atoms with Crippen LogP contribution >= 0.6 is 0 Å². The lowest BCUT2D eigenvalue weighted by Crippen LogP contribution is -2.13. The monoisotopic (exact) mass is 258 g/mol. The Hall–Kier alpha value is -1.84. The molecule has 0 amide bonds. The van der Waals surface area contributed by atoms with Crippen LogP contribution in [-0.4, -0.2) is 21.3 Å². The van der Waals surface area contributed by atoms with E-state index in [1.165, 1.54) is 11.3 Å². The molecule has 0 aliphatic rings. The Kier molecular flexibility index (Phi) is 3.88. The first-order valence-electron chi connectivity index (χ1n) is 6.64. The number of rotatable bonds is 4. The lowest BCUT2D eigenvalue weighted by molar-refractivity contribution is 0.587. The van der Waals surface area contributed by atoms with Crippen molar-refractivity contribution in [3.05, 3.63) is 41.9 Å². The average molecular weight is 258 g/mol. The Balaban J connectivity index is 1.89. The van der Waals surface area contributed by atoms with E-state index in [0.717, 1.165) is 18.8 Å². The van der Waals surface area contributed by atoms with Gasteiger partial charge >= 0.3 is 0 Å². The van der Waals surface area contributed by atoms with Gasteiger partial charge in [0.1, 0.15) is 5.82 Å². The molecule has 2 rings (SSSR count). The summed E-state index contributed by atoms with van der Waals surface area (Å²) in [6.07, 6.45) is 4.72. The van der Waals surface area contributed by atoms with Gasteiger partial charge in [0.05, 0.1) is 0 Å². The summed E-state index contributed by atoms with van der Waals surface area (Å²) in [5.74, 6) is 0.926. The SMILES string of the molecule is Cn1nccc1CCNc1ccc(C(C)(C)C)cn1. The molecule has 2 aromatic rings. The number of nitrogens with zero attached hydrogens (tertiary/aromatic N) is 3. The predicted molar refractivity (Wildman–Crippen MR) is 78.3 cm³/mol. The van der Waals surface area contributed by atoms with Gasteiger partial charge in [0.25, 0.3) is 0 Å². The fourth-order valence-corrected chi connectivity index (χ4v) is 1.91. The number of aryl methyl sites for hydroxylation is 1. The minimum absolute atomic E-state index is 0.153. The normalized spacial score (nSPS) is 11.6. The molecule has 102 valence electrons. The molecule has 0 aliphatic carbocycles. The van der Waals surface area contributed by atoms with Crippen molar-refractivity contribution in [2.45, 2.75) is 32.6 Å². The standard InChI is InChI=1S/C15H22N4/c1-15(2,3)12-5-6-14(17-11-12)16-9-7-13-8-10-18-19(13)4/h5-6,8,10-11H,7,9H2,1-4H3,(H,16,17). The molecule has 0 radical (unpaired) electrons. The first-order valence-corrected chi connectivity index (χ1v) is 6.64. The lowest BCUT2D eigenvalue weighted by Gasteiger charge is -2.18. The maximum Gasteiger partial charge on any atom is 0.125 e. The van der Waals surface area contributed by atoms with E-state index in [9.17, 15) is 0 Å². The highest BCUT2D eigenvalue weighted by atomic mass is 15.3. The van der Waals surface area contributed by atoms with Crippen molar-refractivity contribution in [3.8, 4) is 0 Å². The Morgan fingerprint density at radius 3 is 2.53 bits per heavy atom. The Labute approximate surface area is 114 Å². The molecule has 0 saturated carbocycles. The molecule has 0 spiro atoms. The van der Waals surface area contributed by atoms with Crippen molar-refractivity contribution < 1.29 is 0 Å². The van der Waals surface area contributed by atoms with Gasteiger partial charge in [-0.3, -0.25) is 4.68 Å². The number of pyridine rings is 1. The number of hydrogen-bond acceptors (Lipinski definition) is 3. The Bertz CT molecular complexity index is 520. The molecule has 0 aliphatic heterocycles. The number of hydrogen-bond donors (Lipinski definition) is 1. The Morgan fingerprint density at radius 1 is 1.21 bits per heavy atom. The minimum atomic E-state index is 0.153. The van der Waals surface area contributed by atoms with Crippen molar-refractivity contribution in [3.63, 3.8) is 0 Å². The first-order chi connectivity index (χ1) is 8.97. The molecule has 1 N–H and O–H groups in total. The zero-order chi connectivity index (χ0) is 13.9. The van der Waals surface area contributed by atoms with Gasteiger partial charge in [-0.1, -0.05) is 26.8 Å². The summed E-state index contributed by atoms with van der Waals surface area (Å²) in [6, 6.07) is 6.22. The van der Waals surface area contributed by atoms with Crippen LogP contribution in [0.3, 0.4) is 0 Å². The van der Waals surface area contributed by atoms with Gasteiger partial charge in [-0.2, -0.15) is 5.10 Å². The first kappa shape index (κ1) is 13.6. The highest BCUT2D eigenvalue weighted by molar-refractivity contribution is 5.37. The van der Waals surface area contributed by atoms with E-state index in [0.29, 0.717) is 0 Å². The second-order valence-electron chi connectivity index (χ2n) is 5.81. The summed E-state index contributed by atoms with van der Waals surface area (Å²) in [5.41, 5.74) is 2.63. The highest BCUT2D eigenvalue weighted by Gasteiger charge is 2.13. The summed E-state index contributed by atoms with van der Waals surface area (Å²) < 4.78 is 1.90. The molecule has 4 nitrogen and oxygen atoms in total. The molecule has 0 fully saturated rings. The van der Waals surface area contributed by atoms with Crippen molar-refractivity contribution in [2.24, 2.45) is 7.05 Å². The summed E-state index contributed by atoms with van der Waals surface area (Å²) in [7, 11) is 1.96. The van der Waals surface area contributed by atoms with Crippen LogP contribution in [-0.2, 0) is 18.9 Å². The van der Waals surface area contributed by atoms with E-state index >= 15 is 0 Å². The third kappa shape index (κ3) is 3.56. The van der Waals surface area contributed by atoms with Crippen LogP contribution in [0, 0.1) is 0 Å². The molecule has 4 heteroatoms. The van der Waals surface area contributed by atoms with Crippen LogP contribution < -0.4 is 5.32 Å². The maximum absolute atomic E-state index is 4.45. The second-order valence-corrected chi connectivity index (χ2v) is 5.81. The van der Waals surface area contributed by atoms with E-state index in [2.05, 4.69) is 42.2 Å². The van der Waals surface area contributed by atoms with Gasteiger partial charge in [-0.05, 0) is 23.1 Å². The highest BCUT2D eigenvalue weighted by Crippen LogP contribution is 2.21. The van der Waals surface area contributed by atoms with Gasteiger partial charge in [-0.15, -0.1) is 0 Å². The fraction of sp³-hybridized carbons (Fsp3) is 0.467. The molecule has 0 atom stereocenters. The van der Waals surface area contributed by atoms with Gasteiger partial charge in [0, 0.05) is 38.1 Å². The minimum Gasteiger partial charge on any atom is -0.370 e. The van der Waals surface area contributed by atoms with E-state index in [-0.39, 0.29) is 5.41 Å². The predicted octanol–water partition coefficient (Wildman–Crippen LogP) is 2.77. The molecule has 2 heterocycles. The van der Waals surface area contributed by atoms with Crippen molar-refractivity contribution >= 4 is 5.82 Å². The van der Waals surface area contributed by atoms with Gasteiger partial charge in [0.2, 0.25) is 0 Å². The molecule has 0 unspecified atom stereocenters. The maximum atomic E-state index is 4.45. The van der Waals surface area contributed by atoms with Crippen LogP contribution in [0.1, 0.15) is 32.0 Å². The second kappa shape index (κ2) is 5.43. The van der Waals surface area contributed by atoms with Crippen LogP contribution in [0.25, 0.3) is 0 Å². The summed E-state index contributed by atoms with van der Waals surface area (Å²) in [6.45, 7) is 7.44. The lowest BCUT2D eigenvalue weighted by atomic mass is 9.88. The molecular formula is C15H22N4. The van der Waals surface area contributed by atoms with E-state index in [4.69, 9.17) is 0 Å². The number of aromatic nitrogens is 3. The smallest absolute Gasteiger partial charge is 0.125 e. The third-order valence-corrected chi connectivity index (χ3v) is 3.24. The zero-order valence-electron chi connectivity index (χ0n) is 12.1. The number of anilines is 1. The molecule has 0 bridgehead atoms. The molecule has 2 aromatic heterocycles. The van der Waals surface area contributed by atoms with Crippen LogP contribution in [0.2, 0.25) is 0 Å². The summed E-state index contributed by atoms with van der Waals surface area (Å²) >= 11 is 0. The molecular weight excluding hydrogens is 236 g/mol. The largest absolute Gasteiger partial charge is 0.370 e. The number of nitrogens with one attached hydrogen (secondary N) is 1. The zero-order valence-corrected chi connectivity index (χ0v) is 12.1. The van der Waals surface area contributed by atoms with Crippen molar-refractivity contribution in [1.82, 2.24) is 14.8 Å². The van der Waals surface area contributed by atoms with E-state index < -0.39 is 0 Å².